The highest BCUT2D eigenvalue weighted by Gasteiger charge is 2.18. The molecule has 0 aromatic carbocycles. The number of aromatic nitrogens is 3. The Morgan fingerprint density at radius 3 is 1.00 bits per heavy atom. The third kappa shape index (κ3) is 4.14. The first-order valence-corrected chi connectivity index (χ1v) is 6.05. The lowest BCUT2D eigenvalue weighted by Crippen LogP contribution is -2.54. The molecule has 6 nitrogen and oxygen atoms in total. The number of hydrogen-bond acceptors (Lipinski definition) is 3. The molecule has 12 heteroatoms. The van der Waals surface area contributed by atoms with E-state index in [4.69, 9.17) is 0 Å². The minimum Gasteiger partial charge on any atom is -0.247 e. The van der Waals surface area contributed by atoms with E-state index < -0.39 is 73.2 Å². The summed E-state index contributed by atoms with van der Waals surface area (Å²) in [6, 6.07) is 0. The second kappa shape index (κ2) is 8.17. The summed E-state index contributed by atoms with van der Waals surface area (Å²) >= 11 is 0. The van der Waals surface area contributed by atoms with E-state index in [1.165, 1.54) is 0 Å². The SMILES string of the molecule is O=c1n(C/C(F)=C/F)c(=O)n(C/C(F)=C/F)c(=O)n1C/C(F)=C/F. The Kier molecular flexibility index (Phi) is 6.56. The highest BCUT2D eigenvalue weighted by molar-refractivity contribution is 4.94. The van der Waals surface area contributed by atoms with Gasteiger partial charge < -0.3 is 0 Å². The zero-order chi connectivity index (χ0) is 18.4. The van der Waals surface area contributed by atoms with Gasteiger partial charge in [0, 0.05) is 0 Å². The van der Waals surface area contributed by atoms with Crippen molar-refractivity contribution >= 4 is 0 Å². The molecule has 1 heterocycles. The summed E-state index contributed by atoms with van der Waals surface area (Å²) in [6.07, 6.45) is -1.76. The topological polar surface area (TPSA) is 66.0 Å². The van der Waals surface area contributed by atoms with Crippen LogP contribution in [0.4, 0.5) is 26.3 Å². The molecule has 0 fully saturated rings. The molecule has 0 N–H and O–H groups in total. The lowest BCUT2D eigenvalue weighted by atomic mass is 10.5. The zero-order valence-electron chi connectivity index (χ0n) is 11.7. The normalized spacial score (nSPS) is 13.5. The van der Waals surface area contributed by atoms with Gasteiger partial charge in [0.1, 0.15) is 36.5 Å². The summed E-state index contributed by atoms with van der Waals surface area (Å²) < 4.78 is 75.0. The summed E-state index contributed by atoms with van der Waals surface area (Å²) in [7, 11) is 0. The lowest BCUT2D eigenvalue weighted by Gasteiger charge is -2.12. The standard InChI is InChI=1S/C12H9F6N3O3/c13-1-7(16)4-19-10(22)20(5-8(17)2-14)12(24)21(11(19)23)6-9(18)3-15/h1-3H,4-6H2/b7-1-,8-2-,9-3-. The van der Waals surface area contributed by atoms with Crippen LogP contribution in [-0.4, -0.2) is 13.7 Å². The number of rotatable bonds is 6. The van der Waals surface area contributed by atoms with E-state index in [1.807, 2.05) is 0 Å². The molecule has 132 valence electrons. The average molecular weight is 357 g/mol. The predicted octanol–water partition coefficient (Wildman–Crippen LogP) is 1.51. The van der Waals surface area contributed by atoms with Crippen LogP contribution in [0.15, 0.2) is 50.9 Å². The summed E-state index contributed by atoms with van der Waals surface area (Å²) in [5, 5.41) is 0. The van der Waals surface area contributed by atoms with Gasteiger partial charge in [0.15, 0.2) is 0 Å². The Bertz CT molecular complexity index is 733. The third-order valence-corrected chi connectivity index (χ3v) is 2.67. The van der Waals surface area contributed by atoms with Crippen LogP contribution in [-0.2, 0) is 19.6 Å². The van der Waals surface area contributed by atoms with Gasteiger partial charge in [0.25, 0.3) is 0 Å². The van der Waals surface area contributed by atoms with Crippen LogP contribution >= 0.6 is 0 Å². The first kappa shape index (κ1) is 19.3. The quantitative estimate of drug-likeness (QED) is 0.725. The van der Waals surface area contributed by atoms with E-state index in [1.54, 1.807) is 0 Å². The largest absolute Gasteiger partial charge is 0.337 e. The van der Waals surface area contributed by atoms with Crippen molar-refractivity contribution < 1.29 is 26.3 Å². The highest BCUT2D eigenvalue weighted by Crippen LogP contribution is 2.01. The van der Waals surface area contributed by atoms with E-state index in [9.17, 15) is 40.7 Å². The molecule has 1 aromatic rings. The maximum Gasteiger partial charge on any atom is 0.337 e. The summed E-state index contributed by atoms with van der Waals surface area (Å²) in [4.78, 5) is 35.8. The molecule has 0 atom stereocenters. The van der Waals surface area contributed by atoms with Crippen molar-refractivity contribution in [1.29, 1.82) is 0 Å². The van der Waals surface area contributed by atoms with Crippen molar-refractivity contribution in [2.45, 2.75) is 19.6 Å². The Morgan fingerprint density at radius 2 is 0.833 bits per heavy atom. The van der Waals surface area contributed by atoms with Crippen molar-refractivity contribution in [3.8, 4) is 0 Å². The molecular weight excluding hydrogens is 348 g/mol. The van der Waals surface area contributed by atoms with Gasteiger partial charge in [0.2, 0.25) is 0 Å². The van der Waals surface area contributed by atoms with Gasteiger partial charge in [-0.05, 0) is 0 Å². The monoisotopic (exact) mass is 357 g/mol. The number of nitrogens with zero attached hydrogens (tertiary/aromatic N) is 3. The van der Waals surface area contributed by atoms with Gasteiger partial charge in [-0.25, -0.2) is 54.4 Å². The van der Waals surface area contributed by atoms with Gasteiger partial charge in [-0.15, -0.1) is 0 Å². The first-order valence-electron chi connectivity index (χ1n) is 6.05. The van der Waals surface area contributed by atoms with Gasteiger partial charge in [-0.2, -0.15) is 0 Å². The molecule has 0 aliphatic carbocycles. The smallest absolute Gasteiger partial charge is 0.247 e. The zero-order valence-corrected chi connectivity index (χ0v) is 11.7. The molecular formula is C12H9F6N3O3. The fourth-order valence-electron chi connectivity index (χ4n) is 1.65. The molecule has 0 bridgehead atoms. The van der Waals surface area contributed by atoms with Gasteiger partial charge in [-0.1, -0.05) is 0 Å². The summed E-state index contributed by atoms with van der Waals surface area (Å²) in [6.45, 7) is -3.89. The molecule has 1 rings (SSSR count). The molecule has 0 aliphatic rings. The van der Waals surface area contributed by atoms with E-state index in [2.05, 4.69) is 0 Å². The molecule has 0 unspecified atom stereocenters. The average Bonchev–Trinajstić information content (AvgIpc) is 2.58. The van der Waals surface area contributed by atoms with Crippen LogP contribution < -0.4 is 17.1 Å². The second-order valence-corrected chi connectivity index (χ2v) is 4.27. The van der Waals surface area contributed by atoms with Crippen LogP contribution in [0.3, 0.4) is 0 Å². The highest BCUT2D eigenvalue weighted by atomic mass is 19.2. The molecule has 0 aliphatic heterocycles. The van der Waals surface area contributed by atoms with Crippen LogP contribution in [0.1, 0.15) is 0 Å². The van der Waals surface area contributed by atoms with Gasteiger partial charge in [0.05, 0.1) is 19.6 Å². The molecule has 24 heavy (non-hydrogen) atoms. The maximum atomic E-state index is 13.0. The van der Waals surface area contributed by atoms with Crippen LogP contribution in [0.5, 0.6) is 0 Å². The Morgan fingerprint density at radius 1 is 0.625 bits per heavy atom. The van der Waals surface area contributed by atoms with E-state index in [-0.39, 0.29) is 13.7 Å². The summed E-state index contributed by atoms with van der Waals surface area (Å²) in [5.41, 5.74) is -4.79. The van der Waals surface area contributed by atoms with Crippen LogP contribution in [0, 0.1) is 0 Å². The van der Waals surface area contributed by atoms with Crippen LogP contribution in [0.25, 0.3) is 0 Å². The summed E-state index contributed by atoms with van der Waals surface area (Å²) in [5.74, 6) is -4.85. The number of hydrogen-bond donors (Lipinski definition) is 0. The second-order valence-electron chi connectivity index (χ2n) is 4.27. The van der Waals surface area contributed by atoms with Crippen molar-refractivity contribution in [1.82, 2.24) is 13.7 Å². The number of allylic oxidation sites excluding steroid dienone is 3. The predicted molar refractivity (Wildman–Crippen MR) is 70.1 cm³/mol. The van der Waals surface area contributed by atoms with E-state index in [0.29, 0.717) is 0 Å². The van der Waals surface area contributed by atoms with Crippen molar-refractivity contribution in [3.63, 3.8) is 0 Å². The Hall–Kier alpha value is -2.79. The van der Waals surface area contributed by atoms with Crippen molar-refractivity contribution in [2.75, 3.05) is 0 Å². The Labute approximate surface area is 128 Å². The minimum atomic E-state index is -1.62. The van der Waals surface area contributed by atoms with Gasteiger partial charge >= 0.3 is 17.1 Å². The van der Waals surface area contributed by atoms with Crippen molar-refractivity contribution in [2.24, 2.45) is 0 Å². The molecule has 0 saturated carbocycles. The Balaban J connectivity index is 3.74. The molecule has 1 aromatic heterocycles. The minimum absolute atomic E-state index is 0.0656. The van der Waals surface area contributed by atoms with E-state index in [0.717, 1.165) is 0 Å². The van der Waals surface area contributed by atoms with Gasteiger partial charge in [-0.3, -0.25) is 0 Å². The maximum absolute atomic E-state index is 13.0. The van der Waals surface area contributed by atoms with E-state index >= 15 is 0 Å². The molecule has 0 amide bonds. The first-order chi connectivity index (χ1) is 11.3. The molecule has 0 spiro atoms. The molecule has 0 saturated heterocycles. The lowest BCUT2D eigenvalue weighted by molar-refractivity contribution is 0.412. The molecule has 0 radical (unpaired) electrons. The number of halogens is 6. The van der Waals surface area contributed by atoms with Crippen molar-refractivity contribution in [3.05, 3.63) is 67.9 Å². The third-order valence-electron chi connectivity index (χ3n) is 2.67. The van der Waals surface area contributed by atoms with Crippen LogP contribution in [0.2, 0.25) is 0 Å². The fourth-order valence-corrected chi connectivity index (χ4v) is 1.65. The fraction of sp³-hybridized carbons (Fsp3) is 0.250.